The second-order valence-corrected chi connectivity index (χ2v) is 5.32. The van der Waals surface area contributed by atoms with Crippen molar-refractivity contribution in [3.05, 3.63) is 38.1 Å². The van der Waals surface area contributed by atoms with E-state index in [-0.39, 0.29) is 0 Å². The van der Waals surface area contributed by atoms with Gasteiger partial charge >= 0.3 is 0 Å². The Balaban J connectivity index is 2.28. The van der Waals surface area contributed by atoms with E-state index in [0.29, 0.717) is 4.47 Å². The van der Waals surface area contributed by atoms with Gasteiger partial charge in [0.05, 0.1) is 5.69 Å². The first kappa shape index (κ1) is 8.72. The lowest BCUT2D eigenvalue weighted by atomic mass is 10.1. The fourth-order valence-electron chi connectivity index (χ4n) is 1.75. The number of halogens is 2. The van der Waals surface area contributed by atoms with Crippen LogP contribution in [0.1, 0.15) is 10.4 Å². The van der Waals surface area contributed by atoms with Crippen LogP contribution in [0.5, 0.6) is 0 Å². The van der Waals surface area contributed by atoms with Crippen molar-refractivity contribution in [2.45, 2.75) is 6.42 Å². The number of nitrogens with zero attached hydrogens (tertiary/aromatic N) is 1. The molecule has 2 aromatic rings. The molecule has 1 aliphatic carbocycles. The van der Waals surface area contributed by atoms with Gasteiger partial charge in [0, 0.05) is 21.9 Å². The van der Waals surface area contributed by atoms with Gasteiger partial charge in [-0.05, 0) is 17.7 Å². The highest BCUT2D eigenvalue weighted by atomic mass is 35.5. The lowest BCUT2D eigenvalue weighted by molar-refractivity contribution is 1.31. The summed E-state index contributed by atoms with van der Waals surface area (Å²) >= 11 is 13.3. The van der Waals surface area contributed by atoms with Crippen molar-refractivity contribution in [2.24, 2.45) is 0 Å². The van der Waals surface area contributed by atoms with E-state index in [1.165, 1.54) is 10.4 Å². The van der Waals surface area contributed by atoms with Crippen molar-refractivity contribution < 1.29 is 0 Å². The number of hydrogen-bond acceptors (Lipinski definition) is 2. The molecule has 0 aliphatic heterocycles. The minimum atomic E-state index is 0.612. The summed E-state index contributed by atoms with van der Waals surface area (Å²) in [6.07, 6.45) is 0.937. The van der Waals surface area contributed by atoms with Crippen LogP contribution in [0.4, 0.5) is 0 Å². The predicted octanol–water partition coefficient (Wildman–Crippen LogP) is 4.02. The zero-order chi connectivity index (χ0) is 9.71. The van der Waals surface area contributed by atoms with Gasteiger partial charge in [0.1, 0.15) is 0 Å². The van der Waals surface area contributed by atoms with Crippen LogP contribution in [0.2, 0.25) is 9.49 Å². The highest BCUT2D eigenvalue weighted by molar-refractivity contribution is 7.16. The van der Waals surface area contributed by atoms with E-state index in [9.17, 15) is 0 Å². The van der Waals surface area contributed by atoms with Gasteiger partial charge in [-0.1, -0.05) is 29.3 Å². The number of thiazole rings is 1. The zero-order valence-electron chi connectivity index (χ0n) is 7.05. The van der Waals surface area contributed by atoms with E-state index < -0.39 is 0 Å². The highest BCUT2D eigenvalue weighted by Gasteiger charge is 2.22. The molecule has 4 heteroatoms. The van der Waals surface area contributed by atoms with Gasteiger partial charge in [-0.2, -0.15) is 0 Å². The third-order valence-corrected chi connectivity index (χ3v) is 3.74. The lowest BCUT2D eigenvalue weighted by Crippen LogP contribution is -1.79. The molecule has 70 valence electrons. The predicted molar refractivity (Wildman–Crippen MR) is 60.4 cm³/mol. The molecule has 0 atom stereocenters. The smallest absolute Gasteiger partial charge is 0.184 e. The molecule has 0 bridgehead atoms. The third kappa shape index (κ3) is 1.18. The molecule has 0 N–H and O–H groups in total. The summed E-state index contributed by atoms with van der Waals surface area (Å²) in [7, 11) is 0. The first-order valence-corrected chi connectivity index (χ1v) is 5.75. The van der Waals surface area contributed by atoms with Crippen LogP contribution in [0.25, 0.3) is 11.3 Å². The molecule has 14 heavy (non-hydrogen) atoms. The second-order valence-electron chi connectivity index (χ2n) is 3.22. The monoisotopic (exact) mass is 241 g/mol. The van der Waals surface area contributed by atoms with E-state index in [1.54, 1.807) is 11.3 Å². The van der Waals surface area contributed by atoms with Gasteiger partial charge in [0.2, 0.25) is 0 Å². The van der Waals surface area contributed by atoms with Gasteiger partial charge in [-0.25, -0.2) is 4.98 Å². The molecule has 0 spiro atoms. The maximum Gasteiger partial charge on any atom is 0.184 e. The number of rotatable bonds is 0. The fraction of sp³-hybridized carbons (Fsp3) is 0.100. The number of aromatic nitrogens is 1. The molecule has 1 aliphatic rings. The molecule has 1 nitrogen and oxygen atoms in total. The summed E-state index contributed by atoms with van der Waals surface area (Å²) in [6.45, 7) is 0. The van der Waals surface area contributed by atoms with Crippen LogP contribution < -0.4 is 0 Å². The van der Waals surface area contributed by atoms with Crippen molar-refractivity contribution in [3.8, 4) is 11.3 Å². The minimum absolute atomic E-state index is 0.612. The standard InChI is InChI=1S/C10H5Cl2NS/c11-6-2-1-5-3-8-9(7(5)4-6)13-10(12)14-8/h1-2,4H,3H2. The number of hydrogen-bond donors (Lipinski definition) is 0. The number of fused-ring (bicyclic) bond motifs is 3. The Kier molecular flexibility index (Phi) is 1.84. The Morgan fingerprint density at radius 3 is 3.00 bits per heavy atom. The van der Waals surface area contributed by atoms with Gasteiger partial charge in [0.15, 0.2) is 4.47 Å². The van der Waals surface area contributed by atoms with Gasteiger partial charge in [-0.15, -0.1) is 11.3 Å². The molecule has 0 unspecified atom stereocenters. The maximum absolute atomic E-state index is 5.94. The van der Waals surface area contributed by atoms with E-state index in [0.717, 1.165) is 22.7 Å². The van der Waals surface area contributed by atoms with Gasteiger partial charge < -0.3 is 0 Å². The molecule has 0 saturated carbocycles. The molecule has 1 aromatic carbocycles. The first-order valence-electron chi connectivity index (χ1n) is 4.18. The van der Waals surface area contributed by atoms with Crippen LogP contribution in [0.3, 0.4) is 0 Å². The summed E-state index contributed by atoms with van der Waals surface area (Å²) < 4.78 is 0.612. The average Bonchev–Trinajstić information content (AvgIpc) is 2.62. The second kappa shape index (κ2) is 2.96. The summed E-state index contributed by atoms with van der Waals surface area (Å²) in [5.41, 5.74) is 3.44. The average molecular weight is 242 g/mol. The summed E-state index contributed by atoms with van der Waals surface area (Å²) in [5, 5.41) is 0.751. The molecule has 0 radical (unpaired) electrons. The van der Waals surface area contributed by atoms with Crippen LogP contribution in [0, 0.1) is 0 Å². The topological polar surface area (TPSA) is 12.9 Å². The normalized spacial score (nSPS) is 12.7. The van der Waals surface area contributed by atoms with E-state index in [1.807, 2.05) is 12.1 Å². The first-order chi connectivity index (χ1) is 6.74. The lowest BCUT2D eigenvalue weighted by Gasteiger charge is -1.98. The maximum atomic E-state index is 5.94. The summed E-state index contributed by atoms with van der Waals surface area (Å²) in [5.74, 6) is 0. The summed E-state index contributed by atoms with van der Waals surface area (Å²) in [4.78, 5) is 5.54. The SMILES string of the molecule is Clc1ccc2c(c1)-c1nc(Cl)sc1C2. The molecule has 0 saturated heterocycles. The van der Waals surface area contributed by atoms with Crippen molar-refractivity contribution in [2.75, 3.05) is 0 Å². The van der Waals surface area contributed by atoms with Crippen LogP contribution in [0.15, 0.2) is 18.2 Å². The largest absolute Gasteiger partial charge is 0.225 e. The van der Waals surface area contributed by atoms with Gasteiger partial charge in [0.25, 0.3) is 0 Å². The van der Waals surface area contributed by atoms with Gasteiger partial charge in [-0.3, -0.25) is 0 Å². The van der Waals surface area contributed by atoms with E-state index in [2.05, 4.69) is 11.1 Å². The molecular weight excluding hydrogens is 237 g/mol. The Morgan fingerprint density at radius 1 is 1.29 bits per heavy atom. The van der Waals surface area contributed by atoms with Crippen molar-refractivity contribution >= 4 is 34.5 Å². The molecule has 0 amide bonds. The van der Waals surface area contributed by atoms with E-state index in [4.69, 9.17) is 23.2 Å². The molecular formula is C10H5Cl2NS. The molecule has 3 rings (SSSR count). The van der Waals surface area contributed by atoms with Crippen molar-refractivity contribution in [1.29, 1.82) is 0 Å². The van der Waals surface area contributed by atoms with Crippen molar-refractivity contribution in [3.63, 3.8) is 0 Å². The molecule has 1 heterocycles. The Labute approximate surface area is 95.3 Å². The minimum Gasteiger partial charge on any atom is -0.225 e. The third-order valence-electron chi connectivity index (χ3n) is 2.35. The molecule has 1 aromatic heterocycles. The van der Waals surface area contributed by atoms with E-state index >= 15 is 0 Å². The van der Waals surface area contributed by atoms with Crippen LogP contribution >= 0.6 is 34.5 Å². The zero-order valence-corrected chi connectivity index (χ0v) is 9.38. The fourth-order valence-corrected chi connectivity index (χ4v) is 3.11. The Bertz CT molecular complexity index is 519. The number of benzene rings is 1. The van der Waals surface area contributed by atoms with Crippen LogP contribution in [-0.2, 0) is 6.42 Å². The Hall–Kier alpha value is -0.570. The van der Waals surface area contributed by atoms with Crippen molar-refractivity contribution in [1.82, 2.24) is 4.98 Å². The quantitative estimate of drug-likeness (QED) is 0.580. The summed E-state index contributed by atoms with van der Waals surface area (Å²) in [6, 6.07) is 5.93. The highest BCUT2D eigenvalue weighted by Crippen LogP contribution is 2.41. The van der Waals surface area contributed by atoms with Crippen LogP contribution in [-0.4, -0.2) is 4.98 Å². The Morgan fingerprint density at radius 2 is 2.14 bits per heavy atom. The molecule has 0 fully saturated rings.